The molecule has 7 heteroatoms. The summed E-state index contributed by atoms with van der Waals surface area (Å²) < 4.78 is 38.7. The molecular formula is C16H17F3N2OS. The van der Waals surface area contributed by atoms with E-state index in [2.05, 4.69) is 31.1 Å². The van der Waals surface area contributed by atoms with Gasteiger partial charge in [-0.2, -0.15) is 13.2 Å². The predicted molar refractivity (Wildman–Crippen MR) is 83.4 cm³/mol. The van der Waals surface area contributed by atoms with E-state index in [0.29, 0.717) is 0 Å². The molecule has 1 N–H and O–H groups in total. The minimum absolute atomic E-state index is 0.000268. The first-order chi connectivity index (χ1) is 10.6. The molecule has 0 atom stereocenters. The molecule has 0 aliphatic carbocycles. The van der Waals surface area contributed by atoms with Crippen LogP contribution in [-0.2, 0) is 18.1 Å². The van der Waals surface area contributed by atoms with Gasteiger partial charge < -0.3 is 5.32 Å². The number of hydrogen-bond donors (Lipinski definition) is 1. The maximum atomic E-state index is 12.9. The van der Waals surface area contributed by atoms with E-state index in [1.165, 1.54) is 11.3 Å². The first kappa shape index (κ1) is 17.5. The van der Waals surface area contributed by atoms with Gasteiger partial charge in [-0.3, -0.25) is 9.78 Å². The van der Waals surface area contributed by atoms with Crippen molar-refractivity contribution in [2.75, 3.05) is 0 Å². The highest BCUT2D eigenvalue weighted by atomic mass is 32.1. The Bertz CT molecular complexity index is 702. The van der Waals surface area contributed by atoms with E-state index in [1.54, 1.807) is 0 Å². The number of amides is 1. The maximum absolute atomic E-state index is 12.9. The normalized spacial score (nSPS) is 12.3. The Morgan fingerprint density at radius 2 is 1.91 bits per heavy atom. The second-order valence-electron chi connectivity index (χ2n) is 6.12. The van der Waals surface area contributed by atoms with E-state index in [9.17, 15) is 18.0 Å². The molecule has 0 bridgehead atoms. The van der Waals surface area contributed by atoms with Gasteiger partial charge >= 0.3 is 6.18 Å². The van der Waals surface area contributed by atoms with Gasteiger partial charge in [0.25, 0.3) is 5.91 Å². The molecule has 2 aromatic rings. The summed E-state index contributed by atoms with van der Waals surface area (Å²) in [5.41, 5.74) is -1.45. The largest absolute Gasteiger partial charge is 0.417 e. The topological polar surface area (TPSA) is 42.0 Å². The quantitative estimate of drug-likeness (QED) is 0.899. The Kier molecular flexibility index (Phi) is 4.79. The number of nitrogens with zero attached hydrogens (tertiary/aromatic N) is 1. The lowest BCUT2D eigenvalue weighted by Crippen LogP contribution is -2.25. The number of rotatable bonds is 3. The number of carbonyl (C=O) groups excluding carboxylic acids is 1. The van der Waals surface area contributed by atoms with Crippen molar-refractivity contribution in [3.63, 3.8) is 0 Å². The third-order valence-electron chi connectivity index (χ3n) is 3.20. The number of aromatic nitrogens is 1. The zero-order valence-corrected chi connectivity index (χ0v) is 13.8. The summed E-state index contributed by atoms with van der Waals surface area (Å²) in [6.07, 6.45) is -2.63. The van der Waals surface area contributed by atoms with Crippen LogP contribution in [0.4, 0.5) is 13.2 Å². The van der Waals surface area contributed by atoms with Crippen LogP contribution in [0.3, 0.4) is 0 Å². The molecule has 3 nitrogen and oxygen atoms in total. The lowest BCUT2D eigenvalue weighted by atomic mass is 9.95. The lowest BCUT2D eigenvalue weighted by molar-refractivity contribution is -0.138. The first-order valence-electron chi connectivity index (χ1n) is 6.97. The summed E-state index contributed by atoms with van der Waals surface area (Å²) in [6, 6.07) is 4.65. The lowest BCUT2D eigenvalue weighted by Gasteiger charge is -2.15. The standard InChI is InChI=1S/C16H17F3N2OS/c1-15(2,3)13-5-4-10(23-13)8-21-14(22)11-9-20-7-6-12(11)16(17,18)19/h4-7,9H,8H2,1-3H3,(H,21,22). The van der Waals surface area contributed by atoms with E-state index in [-0.39, 0.29) is 12.0 Å². The van der Waals surface area contributed by atoms with E-state index in [4.69, 9.17) is 0 Å². The highest BCUT2D eigenvalue weighted by Crippen LogP contribution is 2.32. The predicted octanol–water partition coefficient (Wildman–Crippen LogP) is 4.39. The molecule has 2 heterocycles. The minimum Gasteiger partial charge on any atom is -0.347 e. The number of pyridine rings is 1. The molecule has 0 aliphatic heterocycles. The molecule has 2 aromatic heterocycles. The Morgan fingerprint density at radius 3 is 2.48 bits per heavy atom. The summed E-state index contributed by atoms with van der Waals surface area (Å²) in [5, 5.41) is 2.52. The van der Waals surface area contributed by atoms with Crippen LogP contribution in [-0.4, -0.2) is 10.9 Å². The average Bonchev–Trinajstić information content (AvgIpc) is 2.93. The smallest absolute Gasteiger partial charge is 0.347 e. The fourth-order valence-corrected chi connectivity index (χ4v) is 2.97. The average molecular weight is 342 g/mol. The van der Waals surface area contributed by atoms with Gasteiger partial charge in [-0.1, -0.05) is 20.8 Å². The van der Waals surface area contributed by atoms with Gasteiger partial charge in [0.1, 0.15) is 0 Å². The Labute approximate surface area is 136 Å². The highest BCUT2D eigenvalue weighted by molar-refractivity contribution is 7.12. The van der Waals surface area contributed by atoms with Gasteiger partial charge in [0.05, 0.1) is 17.7 Å². The molecule has 0 spiro atoms. The summed E-state index contributed by atoms with van der Waals surface area (Å²) in [4.78, 5) is 17.7. The number of alkyl halides is 3. The van der Waals surface area contributed by atoms with Gasteiger partial charge in [-0.25, -0.2) is 0 Å². The number of halogens is 3. The summed E-state index contributed by atoms with van der Waals surface area (Å²) >= 11 is 1.53. The van der Waals surface area contributed by atoms with Crippen molar-refractivity contribution in [3.05, 3.63) is 51.5 Å². The van der Waals surface area contributed by atoms with Crippen molar-refractivity contribution >= 4 is 17.2 Å². The van der Waals surface area contributed by atoms with Crippen LogP contribution >= 0.6 is 11.3 Å². The molecule has 23 heavy (non-hydrogen) atoms. The van der Waals surface area contributed by atoms with Gasteiger partial charge in [0.2, 0.25) is 0 Å². The van der Waals surface area contributed by atoms with Crippen LogP contribution in [0.5, 0.6) is 0 Å². The summed E-state index contributed by atoms with van der Waals surface area (Å²) in [6.45, 7) is 6.41. The van der Waals surface area contributed by atoms with E-state index in [0.717, 1.165) is 28.2 Å². The van der Waals surface area contributed by atoms with Gasteiger partial charge in [0, 0.05) is 22.1 Å². The monoisotopic (exact) mass is 342 g/mol. The molecule has 0 aromatic carbocycles. The van der Waals surface area contributed by atoms with E-state index < -0.39 is 23.2 Å². The first-order valence-corrected chi connectivity index (χ1v) is 7.79. The zero-order valence-electron chi connectivity index (χ0n) is 13.0. The third-order valence-corrected chi connectivity index (χ3v) is 4.71. The Hall–Kier alpha value is -1.89. The van der Waals surface area contributed by atoms with Crippen LogP contribution in [0.25, 0.3) is 0 Å². The second-order valence-corrected chi connectivity index (χ2v) is 7.29. The van der Waals surface area contributed by atoms with Crippen LogP contribution < -0.4 is 5.32 Å². The van der Waals surface area contributed by atoms with Gasteiger partial charge in [-0.05, 0) is 23.6 Å². The fraction of sp³-hybridized carbons (Fsp3) is 0.375. The molecule has 0 saturated carbocycles. The molecule has 0 radical (unpaired) electrons. The van der Waals surface area contributed by atoms with Gasteiger partial charge in [0.15, 0.2) is 0 Å². The Morgan fingerprint density at radius 1 is 1.22 bits per heavy atom. The van der Waals surface area contributed by atoms with Crippen molar-refractivity contribution in [1.29, 1.82) is 0 Å². The van der Waals surface area contributed by atoms with Crippen LogP contribution in [0.15, 0.2) is 30.6 Å². The molecule has 0 unspecified atom stereocenters. The molecule has 0 aliphatic rings. The van der Waals surface area contributed by atoms with Crippen molar-refractivity contribution in [1.82, 2.24) is 10.3 Å². The van der Waals surface area contributed by atoms with Crippen molar-refractivity contribution < 1.29 is 18.0 Å². The molecule has 0 fully saturated rings. The second kappa shape index (κ2) is 6.31. The summed E-state index contributed by atoms with van der Waals surface area (Å²) in [5.74, 6) is -0.781. The minimum atomic E-state index is -4.59. The molecule has 124 valence electrons. The van der Waals surface area contributed by atoms with Crippen molar-refractivity contribution in [2.24, 2.45) is 0 Å². The van der Waals surface area contributed by atoms with Crippen LogP contribution in [0.2, 0.25) is 0 Å². The molecule has 2 rings (SSSR count). The number of carbonyl (C=O) groups is 1. The van der Waals surface area contributed by atoms with Crippen LogP contribution in [0, 0.1) is 0 Å². The Balaban J connectivity index is 2.11. The van der Waals surface area contributed by atoms with Gasteiger partial charge in [-0.15, -0.1) is 11.3 Å². The van der Waals surface area contributed by atoms with Crippen LogP contribution in [0.1, 0.15) is 46.4 Å². The SMILES string of the molecule is CC(C)(C)c1ccc(CNC(=O)c2cnccc2C(F)(F)F)s1. The number of nitrogens with one attached hydrogen (secondary N) is 1. The maximum Gasteiger partial charge on any atom is 0.417 e. The number of hydrogen-bond acceptors (Lipinski definition) is 3. The van der Waals surface area contributed by atoms with Crippen molar-refractivity contribution in [3.8, 4) is 0 Å². The van der Waals surface area contributed by atoms with E-state index >= 15 is 0 Å². The number of thiophene rings is 1. The molecule has 0 saturated heterocycles. The van der Waals surface area contributed by atoms with E-state index in [1.807, 2.05) is 12.1 Å². The summed E-state index contributed by atoms with van der Waals surface area (Å²) in [7, 11) is 0. The zero-order chi connectivity index (χ0) is 17.3. The van der Waals surface area contributed by atoms with Crippen molar-refractivity contribution in [2.45, 2.75) is 38.9 Å². The fourth-order valence-electron chi connectivity index (χ4n) is 1.96. The molecule has 1 amide bonds. The highest BCUT2D eigenvalue weighted by Gasteiger charge is 2.35. The third kappa shape index (κ3) is 4.31. The molecular weight excluding hydrogens is 325 g/mol.